The van der Waals surface area contributed by atoms with E-state index in [-0.39, 0.29) is 0 Å². The van der Waals surface area contributed by atoms with Gasteiger partial charge >= 0.3 is 0 Å². The Bertz CT molecular complexity index is 6670. The van der Waals surface area contributed by atoms with Gasteiger partial charge in [0.15, 0.2) is 34.9 Å². The number of para-hydroxylation sites is 2. The van der Waals surface area contributed by atoms with Gasteiger partial charge in [-0.15, -0.1) is 0 Å². The van der Waals surface area contributed by atoms with E-state index >= 15 is 0 Å². The van der Waals surface area contributed by atoms with Crippen molar-refractivity contribution in [3.63, 3.8) is 0 Å². The summed E-state index contributed by atoms with van der Waals surface area (Å²) in [5.41, 5.74) is 16.7. The van der Waals surface area contributed by atoms with Gasteiger partial charge in [0.2, 0.25) is 0 Å². The molecule has 0 aliphatic heterocycles. The topological polar surface area (TPSA) is 113 Å². The molecule has 0 aliphatic carbocycles. The molecule has 0 aliphatic rings. The van der Waals surface area contributed by atoms with Crippen molar-refractivity contribution in [3.8, 4) is 102 Å². The smallest absolute Gasteiger partial charge is 0.165 e. The number of rotatable bonds is 10. The number of furan rings is 1. The average molecular weight is 1260 g/mol. The monoisotopic (exact) mass is 1260 g/mol. The van der Waals surface area contributed by atoms with Crippen LogP contribution in [-0.4, -0.2) is 44.0 Å². The van der Waals surface area contributed by atoms with Crippen LogP contribution < -0.4 is 0 Å². The minimum atomic E-state index is 0.536. The number of nitrogens with zero attached hydrogens (tertiary/aromatic N) is 9. The molecule has 0 atom stereocenters. The molecule has 0 fully saturated rings. The van der Waals surface area contributed by atoms with E-state index < -0.39 is 0 Å². The molecule has 0 bridgehead atoms. The Labute approximate surface area is 566 Å². The fourth-order valence-electron chi connectivity index (χ4n) is 14.7. The Morgan fingerprint density at radius 3 is 1.32 bits per heavy atom. The van der Waals surface area contributed by atoms with Gasteiger partial charge in [-0.25, -0.2) is 34.9 Å². The first kappa shape index (κ1) is 55.8. The standard InChI is InChI=1S/C89H53N9O/c1-3-19-56(20-4-1)84-91-86(95-87(92-84)65-25-16-26-68(50-65)97-76-42-39-62(52-74(76)83-70-28-10-8-18-55(70)37-43-77(83)97)63-40-45-80-73(51-63)71-29-12-14-32-79(71)99-80)64-24-15-23-58(48-64)59-33-34-61-49-66(36-35-60(61)47-59)88-93-85(57-21-5-2-6-22-57)94-89(96-88)67-41-46-81(90-53-67)98-75-31-13-11-30-72(75)82-69-27-9-7-17-54(69)38-44-78(82)98/h1-53H. The van der Waals surface area contributed by atoms with Crippen molar-refractivity contribution in [1.82, 2.24) is 44.0 Å². The molecule has 0 radical (unpaired) electrons. The summed E-state index contributed by atoms with van der Waals surface area (Å²) < 4.78 is 10.9. The van der Waals surface area contributed by atoms with Crippen LogP contribution in [-0.2, 0) is 0 Å². The summed E-state index contributed by atoms with van der Waals surface area (Å²) in [6, 6.07) is 111. The van der Waals surface area contributed by atoms with E-state index in [4.69, 9.17) is 39.3 Å². The molecule has 99 heavy (non-hydrogen) atoms. The molecule has 460 valence electrons. The summed E-state index contributed by atoms with van der Waals surface area (Å²) in [6.45, 7) is 0. The normalized spacial score (nSPS) is 11.8. The van der Waals surface area contributed by atoms with E-state index in [9.17, 15) is 0 Å². The van der Waals surface area contributed by atoms with Gasteiger partial charge < -0.3 is 8.98 Å². The summed E-state index contributed by atoms with van der Waals surface area (Å²) in [5, 5.41) is 13.9. The van der Waals surface area contributed by atoms with Crippen LogP contribution in [0.15, 0.2) is 326 Å². The van der Waals surface area contributed by atoms with Gasteiger partial charge in [0.25, 0.3) is 0 Å². The van der Waals surface area contributed by atoms with E-state index in [0.29, 0.717) is 34.9 Å². The van der Waals surface area contributed by atoms with Crippen LogP contribution in [0.3, 0.4) is 0 Å². The van der Waals surface area contributed by atoms with E-state index in [1.807, 2.05) is 66.9 Å². The van der Waals surface area contributed by atoms with Gasteiger partial charge in [0.05, 0.1) is 22.1 Å². The number of fused-ring (bicyclic) bond motifs is 14. The molecule has 0 spiro atoms. The number of hydrogen-bond donors (Lipinski definition) is 0. The highest BCUT2D eigenvalue weighted by molar-refractivity contribution is 6.23. The Hall–Kier alpha value is -13.6. The van der Waals surface area contributed by atoms with Crippen molar-refractivity contribution in [2.24, 2.45) is 0 Å². The fraction of sp³-hybridized carbons (Fsp3) is 0. The second kappa shape index (κ2) is 22.6. The second-order valence-corrected chi connectivity index (χ2v) is 25.2. The van der Waals surface area contributed by atoms with Crippen LogP contribution >= 0.6 is 0 Å². The van der Waals surface area contributed by atoms with Crippen LogP contribution in [0.4, 0.5) is 0 Å². The van der Waals surface area contributed by atoms with Gasteiger partial charge in [0.1, 0.15) is 17.0 Å². The third-order valence-electron chi connectivity index (χ3n) is 19.4. The van der Waals surface area contributed by atoms with Crippen molar-refractivity contribution >= 4 is 97.9 Å². The van der Waals surface area contributed by atoms with Crippen molar-refractivity contribution < 1.29 is 4.42 Å². The van der Waals surface area contributed by atoms with Gasteiger partial charge in [-0.05, 0) is 146 Å². The van der Waals surface area contributed by atoms with Crippen LogP contribution in [0.5, 0.6) is 0 Å². The van der Waals surface area contributed by atoms with Crippen LogP contribution in [0.25, 0.3) is 200 Å². The lowest BCUT2D eigenvalue weighted by molar-refractivity contribution is 0.669. The predicted molar refractivity (Wildman–Crippen MR) is 403 cm³/mol. The first-order chi connectivity index (χ1) is 49.0. The van der Waals surface area contributed by atoms with Gasteiger partial charge in [-0.2, -0.15) is 0 Å². The number of benzene rings is 14. The van der Waals surface area contributed by atoms with Crippen LogP contribution in [0.1, 0.15) is 0 Å². The molecule has 6 heterocycles. The van der Waals surface area contributed by atoms with Crippen molar-refractivity contribution in [2.45, 2.75) is 0 Å². The van der Waals surface area contributed by atoms with Gasteiger partial charge in [-0.1, -0.05) is 224 Å². The molecule has 0 amide bonds. The molecule has 6 aromatic heterocycles. The zero-order valence-corrected chi connectivity index (χ0v) is 53.0. The largest absolute Gasteiger partial charge is 0.456 e. The number of hydrogen-bond acceptors (Lipinski definition) is 8. The molecular weight excluding hydrogens is 1210 g/mol. The number of pyridine rings is 1. The third-order valence-corrected chi connectivity index (χ3v) is 19.4. The molecule has 20 rings (SSSR count). The quantitative estimate of drug-likeness (QED) is 0.133. The highest BCUT2D eigenvalue weighted by Crippen LogP contribution is 2.43. The first-order valence-corrected chi connectivity index (χ1v) is 33.2. The SMILES string of the molecule is c1ccc(-c2nc(-c3cccc(-c4ccc5cc(-c6nc(-c7ccccc7)nc(-c7ccc(-n8c9ccccc9c9c%10ccccc%10ccc98)nc7)n6)ccc5c4)c3)nc(-c3cccc(-n4c5ccc(-c6ccc7oc8ccccc8c7c6)cc5c5c6ccccc6ccc54)c3)n2)cc1. The molecule has 0 saturated carbocycles. The van der Waals surface area contributed by atoms with E-state index in [1.54, 1.807) is 0 Å². The molecule has 10 heteroatoms. The summed E-state index contributed by atoms with van der Waals surface area (Å²) in [5.74, 6) is 4.23. The summed E-state index contributed by atoms with van der Waals surface area (Å²) in [6.07, 6.45) is 1.87. The average Bonchev–Trinajstić information content (AvgIpc) is 1.59. The molecule has 14 aromatic carbocycles. The van der Waals surface area contributed by atoms with E-state index in [1.165, 1.54) is 43.1 Å². The van der Waals surface area contributed by atoms with E-state index in [2.05, 4.69) is 264 Å². The highest BCUT2D eigenvalue weighted by Gasteiger charge is 2.22. The molecule has 0 N–H and O–H groups in total. The maximum Gasteiger partial charge on any atom is 0.165 e. The van der Waals surface area contributed by atoms with Gasteiger partial charge in [0, 0.05) is 77.6 Å². The van der Waals surface area contributed by atoms with Crippen LogP contribution in [0.2, 0.25) is 0 Å². The second-order valence-electron chi connectivity index (χ2n) is 25.2. The fourth-order valence-corrected chi connectivity index (χ4v) is 14.7. The Kier molecular flexibility index (Phi) is 12.7. The highest BCUT2D eigenvalue weighted by atomic mass is 16.3. The van der Waals surface area contributed by atoms with Gasteiger partial charge in [-0.3, -0.25) is 4.57 Å². The van der Waals surface area contributed by atoms with Crippen LogP contribution in [0, 0.1) is 0 Å². The first-order valence-electron chi connectivity index (χ1n) is 33.2. The Balaban J connectivity index is 0.639. The minimum Gasteiger partial charge on any atom is -0.456 e. The van der Waals surface area contributed by atoms with Crippen molar-refractivity contribution in [1.29, 1.82) is 0 Å². The zero-order chi connectivity index (χ0) is 65.1. The third kappa shape index (κ3) is 9.45. The molecule has 0 saturated heterocycles. The molecular formula is C89H53N9O. The lowest BCUT2D eigenvalue weighted by Crippen LogP contribution is -2.01. The lowest BCUT2D eigenvalue weighted by Gasteiger charge is -2.12. The zero-order valence-electron chi connectivity index (χ0n) is 53.0. The summed E-state index contributed by atoms with van der Waals surface area (Å²) in [7, 11) is 0. The lowest BCUT2D eigenvalue weighted by atomic mass is 9.98. The maximum atomic E-state index is 6.24. The van der Waals surface area contributed by atoms with Crippen molar-refractivity contribution in [2.75, 3.05) is 0 Å². The summed E-state index contributed by atoms with van der Waals surface area (Å²) in [4.78, 5) is 36.2. The molecule has 0 unspecified atom stereocenters. The van der Waals surface area contributed by atoms with Crippen molar-refractivity contribution in [3.05, 3.63) is 322 Å². The molecule has 10 nitrogen and oxygen atoms in total. The Morgan fingerprint density at radius 1 is 0.222 bits per heavy atom. The maximum absolute atomic E-state index is 6.24. The summed E-state index contributed by atoms with van der Waals surface area (Å²) >= 11 is 0. The Morgan fingerprint density at radius 2 is 0.646 bits per heavy atom. The molecule has 20 aromatic rings. The predicted octanol–water partition coefficient (Wildman–Crippen LogP) is 22.3. The number of aromatic nitrogens is 9. The van der Waals surface area contributed by atoms with E-state index in [0.717, 1.165) is 122 Å². The minimum absolute atomic E-state index is 0.536.